The number of aliphatic carboxylic acids is 1. The highest BCUT2D eigenvalue weighted by Crippen LogP contribution is 2.22. The Kier molecular flexibility index (Phi) is 4.77. The number of hydrogen-bond acceptors (Lipinski definition) is 5. The van der Waals surface area contributed by atoms with E-state index in [4.69, 9.17) is 10.8 Å². The van der Waals surface area contributed by atoms with E-state index < -0.39 is 18.7 Å². The van der Waals surface area contributed by atoms with Gasteiger partial charge < -0.3 is 10.8 Å². The van der Waals surface area contributed by atoms with Gasteiger partial charge in [-0.15, -0.1) is 10.2 Å². The lowest BCUT2D eigenvalue weighted by atomic mass is 9.95. The number of alkyl halides is 1. The van der Waals surface area contributed by atoms with Gasteiger partial charge in [-0.2, -0.15) is 5.21 Å². The predicted octanol–water partition coefficient (Wildman–Crippen LogP) is -0.165. The Morgan fingerprint density at radius 2 is 2.38 bits per heavy atom. The summed E-state index contributed by atoms with van der Waals surface area (Å²) in [6.45, 7) is -0.462. The first-order valence-corrected chi connectivity index (χ1v) is 4.92. The first-order chi connectivity index (χ1) is 7.65. The number of aromatic nitrogens is 4. The minimum absolute atomic E-state index is 0.175. The van der Waals surface area contributed by atoms with Gasteiger partial charge in [0.25, 0.3) is 0 Å². The molecule has 90 valence electrons. The number of tetrazole rings is 1. The number of nitrogens with one attached hydrogen (secondary N) is 1. The van der Waals surface area contributed by atoms with Crippen LogP contribution in [0.25, 0.3) is 0 Å². The van der Waals surface area contributed by atoms with Crippen LogP contribution in [-0.2, 0) is 4.79 Å². The van der Waals surface area contributed by atoms with Gasteiger partial charge in [-0.3, -0.25) is 9.18 Å². The van der Waals surface area contributed by atoms with Crippen molar-refractivity contribution in [3.63, 3.8) is 0 Å². The normalized spacial score (nSPS) is 14.6. The van der Waals surface area contributed by atoms with Crippen LogP contribution in [0.3, 0.4) is 0 Å². The second-order valence-electron chi connectivity index (χ2n) is 3.48. The number of hydrogen-bond donors (Lipinski definition) is 3. The molecule has 7 nitrogen and oxygen atoms in total. The molecule has 0 fully saturated rings. The molecule has 4 N–H and O–H groups in total. The molecule has 2 atom stereocenters. The standard InChI is InChI=1S/C8H14FN5O2/c9-3-1-2-5(4-6(10)8(15)16)7-11-13-14-12-7/h5-6H,1-4,10H2,(H,15,16)(H,11,12,13,14)/t5?,6-/m0/s1. The van der Waals surface area contributed by atoms with Crippen molar-refractivity contribution in [2.75, 3.05) is 6.67 Å². The second kappa shape index (κ2) is 6.11. The van der Waals surface area contributed by atoms with Crippen LogP contribution < -0.4 is 5.73 Å². The highest BCUT2D eigenvalue weighted by Gasteiger charge is 2.22. The number of rotatable bonds is 7. The van der Waals surface area contributed by atoms with Crippen molar-refractivity contribution in [1.29, 1.82) is 0 Å². The largest absolute Gasteiger partial charge is 0.480 e. The summed E-state index contributed by atoms with van der Waals surface area (Å²) < 4.78 is 12.1. The molecule has 0 aliphatic rings. The lowest BCUT2D eigenvalue weighted by Gasteiger charge is -2.14. The average Bonchev–Trinajstić information content (AvgIpc) is 2.76. The summed E-state index contributed by atoms with van der Waals surface area (Å²) >= 11 is 0. The SMILES string of the molecule is N[C@@H](CC(CCCF)c1nn[nH]n1)C(=O)O. The fraction of sp³-hybridized carbons (Fsp3) is 0.750. The Hall–Kier alpha value is -1.57. The van der Waals surface area contributed by atoms with Crippen LogP contribution in [-0.4, -0.2) is 44.4 Å². The summed E-state index contributed by atoms with van der Waals surface area (Å²) in [6.07, 6.45) is 0.956. The number of nitrogens with zero attached hydrogens (tertiary/aromatic N) is 3. The zero-order valence-corrected chi connectivity index (χ0v) is 8.64. The topological polar surface area (TPSA) is 118 Å². The van der Waals surface area contributed by atoms with Crippen molar-refractivity contribution < 1.29 is 14.3 Å². The number of nitrogens with two attached hydrogens (primary N) is 1. The molecule has 1 aromatic rings. The van der Waals surface area contributed by atoms with Gasteiger partial charge in [0.1, 0.15) is 6.04 Å². The van der Waals surface area contributed by atoms with E-state index >= 15 is 0 Å². The van der Waals surface area contributed by atoms with Crippen molar-refractivity contribution in [3.8, 4) is 0 Å². The zero-order chi connectivity index (χ0) is 12.0. The van der Waals surface area contributed by atoms with Gasteiger partial charge in [-0.05, 0) is 19.3 Å². The molecule has 0 radical (unpaired) electrons. The van der Waals surface area contributed by atoms with Crippen molar-refractivity contribution in [2.24, 2.45) is 5.73 Å². The Bertz CT molecular complexity index is 318. The first kappa shape index (κ1) is 12.5. The molecule has 1 aromatic heterocycles. The number of carboxylic acid groups (broad SMARTS) is 1. The van der Waals surface area contributed by atoms with E-state index in [2.05, 4.69) is 20.6 Å². The third-order valence-corrected chi connectivity index (χ3v) is 2.27. The first-order valence-electron chi connectivity index (χ1n) is 4.92. The van der Waals surface area contributed by atoms with Crippen molar-refractivity contribution in [2.45, 2.75) is 31.2 Å². The van der Waals surface area contributed by atoms with Crippen LogP contribution in [0.4, 0.5) is 4.39 Å². The fourth-order valence-corrected chi connectivity index (χ4v) is 1.43. The zero-order valence-electron chi connectivity index (χ0n) is 8.64. The third-order valence-electron chi connectivity index (χ3n) is 2.27. The quantitative estimate of drug-likeness (QED) is 0.599. The van der Waals surface area contributed by atoms with Gasteiger partial charge in [0, 0.05) is 5.92 Å². The minimum Gasteiger partial charge on any atom is -0.480 e. The Labute approximate surface area is 91.2 Å². The molecule has 1 heterocycles. The summed E-state index contributed by atoms with van der Waals surface area (Å²) in [5, 5.41) is 21.9. The maximum atomic E-state index is 12.1. The van der Waals surface area contributed by atoms with Crippen LogP contribution in [0, 0.1) is 0 Å². The average molecular weight is 231 g/mol. The van der Waals surface area contributed by atoms with Crippen LogP contribution in [0.1, 0.15) is 31.0 Å². The summed E-state index contributed by atoms with van der Waals surface area (Å²) in [7, 11) is 0. The number of carboxylic acids is 1. The summed E-state index contributed by atoms with van der Waals surface area (Å²) in [4.78, 5) is 10.6. The maximum Gasteiger partial charge on any atom is 0.320 e. The molecular weight excluding hydrogens is 217 g/mol. The monoisotopic (exact) mass is 231 g/mol. The molecule has 0 aliphatic carbocycles. The third kappa shape index (κ3) is 3.54. The number of carbonyl (C=O) groups is 1. The van der Waals surface area contributed by atoms with E-state index in [1.165, 1.54) is 0 Å². The van der Waals surface area contributed by atoms with E-state index in [1.807, 2.05) is 0 Å². The highest BCUT2D eigenvalue weighted by atomic mass is 19.1. The maximum absolute atomic E-state index is 12.1. The van der Waals surface area contributed by atoms with E-state index in [0.29, 0.717) is 18.7 Å². The molecule has 8 heteroatoms. The van der Waals surface area contributed by atoms with Crippen LogP contribution in [0.2, 0.25) is 0 Å². The van der Waals surface area contributed by atoms with Crippen LogP contribution in [0.5, 0.6) is 0 Å². The molecule has 0 saturated carbocycles. The molecule has 0 aromatic carbocycles. The van der Waals surface area contributed by atoms with Gasteiger partial charge in [-0.25, -0.2) is 0 Å². The molecule has 0 aliphatic heterocycles. The second-order valence-corrected chi connectivity index (χ2v) is 3.48. The summed E-state index contributed by atoms with van der Waals surface area (Å²) in [6, 6.07) is -0.997. The molecule has 0 amide bonds. The smallest absolute Gasteiger partial charge is 0.320 e. The molecule has 0 bridgehead atoms. The minimum atomic E-state index is -1.09. The van der Waals surface area contributed by atoms with E-state index in [-0.39, 0.29) is 12.3 Å². The lowest BCUT2D eigenvalue weighted by molar-refractivity contribution is -0.138. The number of aromatic amines is 1. The Balaban J connectivity index is 2.61. The summed E-state index contributed by atoms with van der Waals surface area (Å²) in [5.41, 5.74) is 5.42. The van der Waals surface area contributed by atoms with Crippen molar-refractivity contribution >= 4 is 5.97 Å². The van der Waals surface area contributed by atoms with Gasteiger partial charge in [0.2, 0.25) is 0 Å². The Morgan fingerprint density at radius 3 is 2.88 bits per heavy atom. The van der Waals surface area contributed by atoms with Crippen LogP contribution in [0.15, 0.2) is 0 Å². The van der Waals surface area contributed by atoms with Crippen molar-refractivity contribution in [1.82, 2.24) is 20.6 Å². The fourth-order valence-electron chi connectivity index (χ4n) is 1.43. The molecule has 1 unspecified atom stereocenters. The van der Waals surface area contributed by atoms with Gasteiger partial charge in [-0.1, -0.05) is 5.21 Å². The Morgan fingerprint density at radius 1 is 1.62 bits per heavy atom. The molecule has 1 rings (SSSR count). The predicted molar refractivity (Wildman–Crippen MR) is 52.4 cm³/mol. The molecule has 0 spiro atoms. The van der Waals surface area contributed by atoms with Gasteiger partial charge in [0.15, 0.2) is 5.82 Å². The number of halogens is 1. The van der Waals surface area contributed by atoms with Gasteiger partial charge >= 0.3 is 5.97 Å². The van der Waals surface area contributed by atoms with E-state index in [9.17, 15) is 9.18 Å². The molecule has 16 heavy (non-hydrogen) atoms. The molecule has 0 saturated heterocycles. The van der Waals surface area contributed by atoms with E-state index in [1.54, 1.807) is 0 Å². The van der Waals surface area contributed by atoms with Gasteiger partial charge in [0.05, 0.1) is 6.67 Å². The number of H-pyrrole nitrogens is 1. The van der Waals surface area contributed by atoms with E-state index in [0.717, 1.165) is 0 Å². The van der Waals surface area contributed by atoms with Crippen molar-refractivity contribution in [3.05, 3.63) is 5.82 Å². The summed E-state index contributed by atoms with van der Waals surface area (Å²) in [5.74, 6) is -0.987. The lowest BCUT2D eigenvalue weighted by Crippen LogP contribution is -2.32. The molecular formula is C8H14FN5O2. The van der Waals surface area contributed by atoms with Crippen LogP contribution >= 0.6 is 0 Å². The highest BCUT2D eigenvalue weighted by molar-refractivity contribution is 5.73.